The highest BCUT2D eigenvalue weighted by molar-refractivity contribution is 7.20. The van der Waals surface area contributed by atoms with Crippen LogP contribution in [-0.2, 0) is 4.79 Å². The topological polar surface area (TPSA) is 76.0 Å². The van der Waals surface area contributed by atoms with E-state index in [1.165, 1.54) is 11.3 Å². The third-order valence-electron chi connectivity index (χ3n) is 5.17. The molecule has 2 heterocycles. The van der Waals surface area contributed by atoms with Gasteiger partial charge in [0.25, 0.3) is 5.91 Å². The van der Waals surface area contributed by atoms with E-state index in [0.717, 1.165) is 34.6 Å². The summed E-state index contributed by atoms with van der Waals surface area (Å²) in [5.74, 6) is -0.247. The Kier molecular flexibility index (Phi) is 5.17. The number of aromatic nitrogens is 2. The minimum Gasteiger partial charge on any atom is -0.352 e. The lowest BCUT2D eigenvalue weighted by molar-refractivity contribution is -0.124. The minimum absolute atomic E-state index is 0.0650. The van der Waals surface area contributed by atoms with E-state index in [4.69, 9.17) is 0 Å². The smallest absolute Gasteiger partial charge is 0.251 e. The fraction of sp³-hybridized carbons (Fsp3) is 0.381. The molecule has 4 rings (SSSR count). The Morgan fingerprint density at radius 1 is 1.29 bits per heavy atom. The van der Waals surface area contributed by atoms with E-state index in [0.29, 0.717) is 5.56 Å². The maximum Gasteiger partial charge on any atom is 0.251 e. The Hall–Kier alpha value is -2.67. The number of nitrogens with zero attached hydrogens (tertiary/aromatic N) is 2. The summed E-state index contributed by atoms with van der Waals surface area (Å²) in [4.78, 5) is 30.0. The molecule has 0 radical (unpaired) electrons. The predicted molar refractivity (Wildman–Crippen MR) is 111 cm³/mol. The van der Waals surface area contributed by atoms with Crippen LogP contribution in [0.2, 0.25) is 0 Å². The summed E-state index contributed by atoms with van der Waals surface area (Å²) in [5, 5.41) is 6.81. The molecule has 1 aliphatic carbocycles. The summed E-state index contributed by atoms with van der Waals surface area (Å²) in [5.41, 5.74) is 1.40. The van der Waals surface area contributed by atoms with Crippen LogP contribution in [0.15, 0.2) is 42.7 Å². The van der Waals surface area contributed by atoms with E-state index in [1.54, 1.807) is 6.07 Å². The zero-order chi connectivity index (χ0) is 19.7. The van der Waals surface area contributed by atoms with Gasteiger partial charge < -0.3 is 15.2 Å². The van der Waals surface area contributed by atoms with Crippen molar-refractivity contribution in [2.24, 2.45) is 5.92 Å². The van der Waals surface area contributed by atoms with Crippen LogP contribution in [0.3, 0.4) is 0 Å². The van der Waals surface area contributed by atoms with Gasteiger partial charge in [0.1, 0.15) is 6.04 Å². The number of fused-ring (bicyclic) bond motifs is 1. The fourth-order valence-electron chi connectivity index (χ4n) is 3.07. The van der Waals surface area contributed by atoms with Gasteiger partial charge in [0.15, 0.2) is 5.13 Å². The van der Waals surface area contributed by atoms with Gasteiger partial charge >= 0.3 is 0 Å². The normalized spacial score (nSPS) is 15.9. The van der Waals surface area contributed by atoms with E-state index in [2.05, 4.69) is 15.6 Å². The first kappa shape index (κ1) is 18.7. The van der Waals surface area contributed by atoms with E-state index < -0.39 is 6.04 Å². The Bertz CT molecular complexity index is 991. The molecule has 0 spiro atoms. The van der Waals surface area contributed by atoms with Gasteiger partial charge in [-0.25, -0.2) is 4.98 Å². The van der Waals surface area contributed by atoms with Crippen molar-refractivity contribution < 1.29 is 9.59 Å². The average Bonchev–Trinajstić information content (AvgIpc) is 3.19. The minimum atomic E-state index is -0.523. The molecule has 2 aromatic heterocycles. The highest BCUT2D eigenvalue weighted by atomic mass is 32.1. The van der Waals surface area contributed by atoms with E-state index in [1.807, 2.05) is 55.1 Å². The molecule has 0 aliphatic heterocycles. The van der Waals surface area contributed by atoms with Crippen LogP contribution < -0.4 is 10.6 Å². The summed E-state index contributed by atoms with van der Waals surface area (Å²) >= 11 is 1.53. The van der Waals surface area contributed by atoms with Crippen molar-refractivity contribution >= 4 is 33.4 Å². The van der Waals surface area contributed by atoms with Gasteiger partial charge in [-0.2, -0.15) is 0 Å². The molecule has 2 N–H and O–H groups in total. The number of nitrogens with one attached hydrogen (secondary N) is 2. The van der Waals surface area contributed by atoms with Crippen LogP contribution in [0.5, 0.6) is 0 Å². The highest BCUT2D eigenvalue weighted by Gasteiger charge is 2.31. The number of rotatable bonds is 7. The van der Waals surface area contributed by atoms with Crippen LogP contribution in [0.4, 0.5) is 0 Å². The molecule has 1 fully saturated rings. The number of thiazole rings is 1. The highest BCUT2D eigenvalue weighted by Crippen LogP contribution is 2.26. The number of carbonyl (C=O) groups is 2. The van der Waals surface area contributed by atoms with Gasteiger partial charge in [-0.05, 0) is 49.1 Å². The second-order valence-corrected chi connectivity index (χ2v) is 8.40. The zero-order valence-electron chi connectivity index (χ0n) is 16.0. The molecule has 2 amide bonds. The number of hydrogen-bond acceptors (Lipinski definition) is 4. The molecule has 0 bridgehead atoms. The standard InChI is InChI=1S/C21H24N4O2S/c1-3-13(2)18(20(27)22-15-7-8-15)24-19(26)14-6-9-16-17(12-14)28-21(23-16)25-10-4-5-11-25/h4-6,9-13,15,18H,3,7-8H2,1-2H3,(H,22,27)(H,24,26). The quantitative estimate of drug-likeness (QED) is 0.642. The molecule has 1 saturated carbocycles. The Labute approximate surface area is 168 Å². The first-order chi connectivity index (χ1) is 13.5. The molecule has 3 aromatic rings. The Morgan fingerprint density at radius 2 is 2.04 bits per heavy atom. The van der Waals surface area contributed by atoms with Gasteiger partial charge in [0, 0.05) is 24.0 Å². The van der Waals surface area contributed by atoms with Crippen molar-refractivity contribution in [3.63, 3.8) is 0 Å². The largest absolute Gasteiger partial charge is 0.352 e. The fourth-order valence-corrected chi connectivity index (χ4v) is 4.04. The zero-order valence-corrected chi connectivity index (χ0v) is 16.8. The molecule has 2 unspecified atom stereocenters. The van der Waals surface area contributed by atoms with Crippen molar-refractivity contribution in [2.45, 2.75) is 45.2 Å². The van der Waals surface area contributed by atoms with Gasteiger partial charge in [0.05, 0.1) is 10.2 Å². The third-order valence-corrected chi connectivity index (χ3v) is 6.20. The summed E-state index contributed by atoms with van der Waals surface area (Å²) < 4.78 is 2.89. The van der Waals surface area contributed by atoms with E-state index in [9.17, 15) is 9.59 Å². The van der Waals surface area contributed by atoms with E-state index >= 15 is 0 Å². The number of carbonyl (C=O) groups excluding carboxylic acids is 2. The number of hydrogen-bond donors (Lipinski definition) is 2. The van der Waals surface area contributed by atoms with Gasteiger partial charge in [-0.15, -0.1) is 0 Å². The molecular formula is C21H24N4O2S. The van der Waals surface area contributed by atoms with Crippen LogP contribution in [0.1, 0.15) is 43.5 Å². The Morgan fingerprint density at radius 3 is 2.71 bits per heavy atom. The van der Waals surface area contributed by atoms with Crippen LogP contribution in [0, 0.1) is 5.92 Å². The lowest BCUT2D eigenvalue weighted by atomic mass is 9.97. The lowest BCUT2D eigenvalue weighted by Gasteiger charge is -2.23. The number of benzene rings is 1. The number of amides is 2. The van der Waals surface area contributed by atoms with Crippen LogP contribution >= 0.6 is 11.3 Å². The van der Waals surface area contributed by atoms with Crippen LogP contribution in [0.25, 0.3) is 15.3 Å². The summed E-state index contributed by atoms with van der Waals surface area (Å²) in [7, 11) is 0. The summed E-state index contributed by atoms with van der Waals surface area (Å²) in [6, 6.07) is 9.13. The average molecular weight is 397 g/mol. The van der Waals surface area contributed by atoms with Crippen molar-refractivity contribution in [3.05, 3.63) is 48.3 Å². The van der Waals surface area contributed by atoms with Crippen LogP contribution in [-0.4, -0.2) is 33.4 Å². The first-order valence-electron chi connectivity index (χ1n) is 9.70. The molecule has 2 atom stereocenters. The molecule has 28 heavy (non-hydrogen) atoms. The molecule has 1 aromatic carbocycles. The van der Waals surface area contributed by atoms with Gasteiger partial charge in [-0.3, -0.25) is 9.59 Å². The third kappa shape index (κ3) is 3.94. The van der Waals surface area contributed by atoms with Crippen molar-refractivity contribution in [1.29, 1.82) is 0 Å². The maximum absolute atomic E-state index is 12.8. The van der Waals surface area contributed by atoms with Gasteiger partial charge in [-0.1, -0.05) is 31.6 Å². The second-order valence-electron chi connectivity index (χ2n) is 7.39. The summed E-state index contributed by atoms with van der Waals surface area (Å²) in [6.07, 6.45) is 6.76. The molecule has 6 nitrogen and oxygen atoms in total. The molecule has 146 valence electrons. The van der Waals surface area contributed by atoms with Crippen molar-refractivity contribution in [3.8, 4) is 5.13 Å². The molecule has 0 saturated heterocycles. The van der Waals surface area contributed by atoms with E-state index in [-0.39, 0.29) is 23.8 Å². The SMILES string of the molecule is CCC(C)C(NC(=O)c1ccc2nc(-n3cccc3)sc2c1)C(=O)NC1CC1. The van der Waals surface area contributed by atoms with Crippen molar-refractivity contribution in [1.82, 2.24) is 20.2 Å². The summed E-state index contributed by atoms with van der Waals surface area (Å²) in [6.45, 7) is 4.02. The molecular weight excluding hydrogens is 372 g/mol. The monoisotopic (exact) mass is 396 g/mol. The van der Waals surface area contributed by atoms with Crippen molar-refractivity contribution in [2.75, 3.05) is 0 Å². The predicted octanol–water partition coefficient (Wildman–Crippen LogP) is 3.51. The molecule has 1 aliphatic rings. The maximum atomic E-state index is 12.8. The lowest BCUT2D eigenvalue weighted by Crippen LogP contribution is -2.50. The second kappa shape index (κ2) is 7.75. The Balaban J connectivity index is 1.53. The van der Waals surface area contributed by atoms with Gasteiger partial charge in [0.2, 0.25) is 5.91 Å². The molecule has 7 heteroatoms. The first-order valence-corrected chi connectivity index (χ1v) is 10.5.